The maximum Gasteiger partial charge on any atom is 0.242 e. The number of rotatable bonds is 9. The van der Waals surface area contributed by atoms with Crippen LogP contribution in [-0.4, -0.2) is 34.6 Å². The molecule has 0 spiro atoms. The van der Waals surface area contributed by atoms with Crippen LogP contribution in [0.5, 0.6) is 0 Å². The van der Waals surface area contributed by atoms with Crippen molar-refractivity contribution < 1.29 is 9.59 Å². The Labute approximate surface area is 218 Å². The standard InChI is InChI=1S/C25H29BrCl2N2O2S/c1-17(25(32)29-21-5-3-2-4-6-21)30(14-18-7-10-20(26)11-8-18)24(31)16-33-15-19-9-12-22(27)23(28)13-19/h7-13,17,21H,2-6,14-16H2,1H3,(H,29,32). The van der Waals surface area contributed by atoms with Crippen molar-refractivity contribution in [3.05, 3.63) is 68.1 Å². The first-order chi connectivity index (χ1) is 15.8. The third-order valence-corrected chi connectivity index (χ3v) is 8.12. The summed E-state index contributed by atoms with van der Waals surface area (Å²) in [4.78, 5) is 27.9. The minimum Gasteiger partial charge on any atom is -0.352 e. The Morgan fingerprint density at radius 1 is 1.06 bits per heavy atom. The van der Waals surface area contributed by atoms with E-state index in [9.17, 15) is 9.59 Å². The highest BCUT2D eigenvalue weighted by atomic mass is 79.9. The molecule has 3 rings (SSSR count). The molecule has 1 fully saturated rings. The normalized spacial score (nSPS) is 15.2. The molecule has 1 atom stereocenters. The topological polar surface area (TPSA) is 49.4 Å². The lowest BCUT2D eigenvalue weighted by Crippen LogP contribution is -2.50. The number of benzene rings is 2. The molecule has 1 saturated carbocycles. The molecule has 2 aromatic rings. The number of carbonyl (C=O) groups is 2. The molecular formula is C25H29BrCl2N2O2S. The van der Waals surface area contributed by atoms with Crippen LogP contribution in [0.1, 0.15) is 50.2 Å². The summed E-state index contributed by atoms with van der Waals surface area (Å²) < 4.78 is 0.976. The van der Waals surface area contributed by atoms with Crippen LogP contribution < -0.4 is 5.32 Å². The Kier molecular flexibility index (Phi) is 10.4. The molecule has 178 valence electrons. The Morgan fingerprint density at radius 3 is 2.39 bits per heavy atom. The van der Waals surface area contributed by atoms with Gasteiger partial charge in [0.2, 0.25) is 11.8 Å². The number of amides is 2. The molecule has 2 aromatic carbocycles. The first-order valence-electron chi connectivity index (χ1n) is 11.2. The summed E-state index contributed by atoms with van der Waals surface area (Å²) in [5.74, 6) is 0.769. The van der Waals surface area contributed by atoms with Crippen molar-refractivity contribution in [2.24, 2.45) is 0 Å². The molecule has 8 heteroatoms. The second-order valence-electron chi connectivity index (χ2n) is 8.41. The maximum absolute atomic E-state index is 13.2. The van der Waals surface area contributed by atoms with Gasteiger partial charge in [-0.05, 0) is 55.2 Å². The van der Waals surface area contributed by atoms with E-state index in [1.165, 1.54) is 18.2 Å². The van der Waals surface area contributed by atoms with E-state index in [1.54, 1.807) is 11.0 Å². The first-order valence-corrected chi connectivity index (χ1v) is 13.9. The fourth-order valence-corrected chi connectivity index (χ4v) is 5.35. The predicted molar refractivity (Wildman–Crippen MR) is 142 cm³/mol. The van der Waals surface area contributed by atoms with E-state index < -0.39 is 6.04 Å². The summed E-state index contributed by atoms with van der Waals surface area (Å²) >= 11 is 17.0. The lowest BCUT2D eigenvalue weighted by molar-refractivity contribution is -0.139. The van der Waals surface area contributed by atoms with Crippen LogP contribution in [0, 0.1) is 0 Å². The van der Waals surface area contributed by atoms with Crippen LogP contribution in [0.25, 0.3) is 0 Å². The second kappa shape index (κ2) is 13.0. The lowest BCUT2D eigenvalue weighted by atomic mass is 9.95. The fourth-order valence-electron chi connectivity index (χ4n) is 3.91. The minimum absolute atomic E-state index is 0.0609. The Balaban J connectivity index is 1.65. The van der Waals surface area contributed by atoms with Gasteiger partial charge in [0, 0.05) is 22.8 Å². The Morgan fingerprint density at radius 2 is 1.73 bits per heavy atom. The zero-order chi connectivity index (χ0) is 23.8. The summed E-state index contributed by atoms with van der Waals surface area (Å²) in [6, 6.07) is 13.0. The zero-order valence-corrected chi connectivity index (χ0v) is 22.6. The molecule has 0 aliphatic heterocycles. The number of hydrogen-bond acceptors (Lipinski definition) is 3. The molecule has 1 unspecified atom stereocenters. The average Bonchev–Trinajstić information content (AvgIpc) is 2.81. The van der Waals surface area contributed by atoms with Gasteiger partial charge in [0.15, 0.2) is 0 Å². The smallest absolute Gasteiger partial charge is 0.242 e. The monoisotopic (exact) mass is 570 g/mol. The highest BCUT2D eigenvalue weighted by Crippen LogP contribution is 2.25. The molecule has 0 saturated heterocycles. The number of hydrogen-bond donors (Lipinski definition) is 1. The van der Waals surface area contributed by atoms with E-state index in [0.29, 0.717) is 22.3 Å². The van der Waals surface area contributed by atoms with Gasteiger partial charge >= 0.3 is 0 Å². The molecule has 33 heavy (non-hydrogen) atoms. The van der Waals surface area contributed by atoms with E-state index >= 15 is 0 Å². The molecule has 1 N–H and O–H groups in total. The Bertz CT molecular complexity index is 952. The van der Waals surface area contributed by atoms with Crippen molar-refractivity contribution in [1.29, 1.82) is 0 Å². The maximum atomic E-state index is 13.2. The minimum atomic E-state index is -0.548. The van der Waals surface area contributed by atoms with Gasteiger partial charge in [0.05, 0.1) is 15.8 Å². The molecule has 2 amide bonds. The summed E-state index contributed by atoms with van der Waals surface area (Å²) in [6.07, 6.45) is 5.54. The van der Waals surface area contributed by atoms with Gasteiger partial charge in [-0.25, -0.2) is 0 Å². The van der Waals surface area contributed by atoms with Gasteiger partial charge in [-0.2, -0.15) is 0 Å². The Hall–Kier alpha value is -1.21. The third kappa shape index (κ3) is 8.20. The summed E-state index contributed by atoms with van der Waals surface area (Å²) in [7, 11) is 0. The molecule has 0 heterocycles. The fraction of sp³-hybridized carbons (Fsp3) is 0.440. The third-order valence-electron chi connectivity index (χ3n) is 5.86. The largest absolute Gasteiger partial charge is 0.352 e. The van der Waals surface area contributed by atoms with E-state index in [2.05, 4.69) is 21.2 Å². The van der Waals surface area contributed by atoms with Crippen LogP contribution in [0.3, 0.4) is 0 Å². The van der Waals surface area contributed by atoms with Crippen molar-refractivity contribution in [3.8, 4) is 0 Å². The number of carbonyl (C=O) groups excluding carboxylic acids is 2. The molecule has 1 aliphatic rings. The van der Waals surface area contributed by atoms with Crippen molar-refractivity contribution >= 4 is 62.7 Å². The number of nitrogens with zero attached hydrogens (tertiary/aromatic N) is 1. The van der Waals surface area contributed by atoms with Gasteiger partial charge in [-0.1, -0.05) is 76.6 Å². The van der Waals surface area contributed by atoms with E-state index in [1.807, 2.05) is 43.3 Å². The first kappa shape index (κ1) is 26.4. The van der Waals surface area contributed by atoms with Gasteiger partial charge in [0.1, 0.15) is 6.04 Å². The molecule has 0 radical (unpaired) electrons. The van der Waals surface area contributed by atoms with Crippen molar-refractivity contribution in [3.63, 3.8) is 0 Å². The molecular weight excluding hydrogens is 543 g/mol. The van der Waals surface area contributed by atoms with Crippen molar-refractivity contribution in [2.75, 3.05) is 5.75 Å². The number of thioether (sulfide) groups is 1. The molecule has 1 aliphatic carbocycles. The molecule has 0 aromatic heterocycles. The highest BCUT2D eigenvalue weighted by Gasteiger charge is 2.28. The zero-order valence-electron chi connectivity index (χ0n) is 18.7. The predicted octanol–water partition coefficient (Wildman–Crippen LogP) is 6.86. The van der Waals surface area contributed by atoms with Gasteiger partial charge < -0.3 is 10.2 Å². The van der Waals surface area contributed by atoms with Crippen LogP contribution in [0.15, 0.2) is 46.9 Å². The molecule has 4 nitrogen and oxygen atoms in total. The van der Waals surface area contributed by atoms with E-state index in [-0.39, 0.29) is 23.6 Å². The average molecular weight is 572 g/mol. The van der Waals surface area contributed by atoms with Crippen LogP contribution >= 0.6 is 50.9 Å². The van der Waals surface area contributed by atoms with Gasteiger partial charge in [0.25, 0.3) is 0 Å². The summed E-state index contributed by atoms with van der Waals surface area (Å²) in [6.45, 7) is 2.21. The molecule has 0 bridgehead atoms. The lowest BCUT2D eigenvalue weighted by Gasteiger charge is -2.31. The SMILES string of the molecule is CC(C(=O)NC1CCCCC1)N(Cc1ccc(Br)cc1)C(=O)CSCc1ccc(Cl)c(Cl)c1. The van der Waals surface area contributed by atoms with E-state index in [4.69, 9.17) is 23.2 Å². The second-order valence-corrected chi connectivity index (χ2v) is 11.1. The summed E-state index contributed by atoms with van der Waals surface area (Å²) in [5.41, 5.74) is 1.99. The summed E-state index contributed by atoms with van der Waals surface area (Å²) in [5, 5.41) is 4.19. The van der Waals surface area contributed by atoms with E-state index in [0.717, 1.165) is 41.3 Å². The van der Waals surface area contributed by atoms with Gasteiger partial charge in [-0.3, -0.25) is 9.59 Å². The highest BCUT2D eigenvalue weighted by molar-refractivity contribution is 9.10. The number of halogens is 3. The van der Waals surface area contributed by atoms with Crippen molar-refractivity contribution in [2.45, 2.75) is 63.4 Å². The number of nitrogens with one attached hydrogen (secondary N) is 1. The van der Waals surface area contributed by atoms with Crippen LogP contribution in [0.2, 0.25) is 10.0 Å². The quantitative estimate of drug-likeness (QED) is 0.358. The van der Waals surface area contributed by atoms with Crippen molar-refractivity contribution in [1.82, 2.24) is 10.2 Å². The van der Waals surface area contributed by atoms with Crippen LogP contribution in [-0.2, 0) is 21.9 Å². The van der Waals surface area contributed by atoms with Crippen LogP contribution in [0.4, 0.5) is 0 Å². The van der Waals surface area contributed by atoms with Gasteiger partial charge in [-0.15, -0.1) is 11.8 Å².